The minimum Gasteiger partial charge on any atom is -0.493 e. The largest absolute Gasteiger partial charge is 0.493 e. The number of ether oxygens (including phenoxy) is 2. The van der Waals surface area contributed by atoms with E-state index in [0.29, 0.717) is 22.1 Å². The fourth-order valence-corrected chi connectivity index (χ4v) is 2.78. The summed E-state index contributed by atoms with van der Waals surface area (Å²) in [5, 5.41) is 4.32. The van der Waals surface area contributed by atoms with Gasteiger partial charge in [-0.15, -0.1) is 6.42 Å². The van der Waals surface area contributed by atoms with Gasteiger partial charge in [-0.2, -0.15) is 5.10 Å². The Bertz CT molecular complexity index is 901. The second-order valence-corrected chi connectivity index (χ2v) is 6.33. The second-order valence-electron chi connectivity index (χ2n) is 5.93. The lowest BCUT2D eigenvalue weighted by Crippen LogP contribution is -2.20. The van der Waals surface area contributed by atoms with Crippen LogP contribution in [0.5, 0.6) is 11.5 Å². The Morgan fingerprint density at radius 1 is 1.33 bits per heavy atom. The smallest absolute Gasteiger partial charge is 0.244 e. The third-order valence-corrected chi connectivity index (χ3v) is 4.08. The molecule has 0 aliphatic rings. The number of nitrogens with one attached hydrogen (secondary N) is 1. The van der Waals surface area contributed by atoms with Crippen molar-refractivity contribution >= 4 is 23.7 Å². The summed E-state index contributed by atoms with van der Waals surface area (Å²) < 4.78 is 10.7. The van der Waals surface area contributed by atoms with E-state index >= 15 is 0 Å². The predicted octanol–water partition coefficient (Wildman–Crippen LogP) is 3.67. The van der Waals surface area contributed by atoms with Crippen LogP contribution < -0.4 is 14.9 Å². The molecule has 0 saturated heterocycles. The number of rotatable bonds is 7. The standard InChI is InChI=1S/C21H21ClN2O3/c1-5-8-27-21-18(22)10-16(11-19(21)26-4)13-23-24-20(25)12-17-7-6-14(2)9-15(17)3/h1,6-7,9-11,13H,8,12H2,2-4H3,(H,24,25)/b23-13+. The summed E-state index contributed by atoms with van der Waals surface area (Å²) >= 11 is 6.21. The van der Waals surface area contributed by atoms with E-state index in [9.17, 15) is 4.79 Å². The highest BCUT2D eigenvalue weighted by Crippen LogP contribution is 2.35. The first kappa shape index (κ1) is 20.3. The van der Waals surface area contributed by atoms with Crippen LogP contribution in [0, 0.1) is 26.2 Å². The number of hydrogen-bond acceptors (Lipinski definition) is 4. The molecule has 27 heavy (non-hydrogen) atoms. The molecule has 0 radical (unpaired) electrons. The third-order valence-electron chi connectivity index (χ3n) is 3.80. The molecular formula is C21H21ClN2O3. The molecule has 2 aromatic carbocycles. The quantitative estimate of drug-likeness (QED) is 0.450. The molecule has 0 unspecified atom stereocenters. The monoisotopic (exact) mass is 384 g/mol. The Morgan fingerprint density at radius 2 is 2.11 bits per heavy atom. The Hall–Kier alpha value is -2.97. The summed E-state index contributed by atoms with van der Waals surface area (Å²) in [6, 6.07) is 9.32. The number of nitrogens with zero attached hydrogens (tertiary/aromatic N) is 1. The van der Waals surface area contributed by atoms with Gasteiger partial charge in [-0.1, -0.05) is 41.3 Å². The van der Waals surface area contributed by atoms with E-state index in [0.717, 1.165) is 16.7 Å². The van der Waals surface area contributed by atoms with E-state index in [1.54, 1.807) is 12.1 Å². The molecule has 0 aliphatic carbocycles. The Labute approximate surface area is 164 Å². The van der Waals surface area contributed by atoms with E-state index in [4.69, 9.17) is 27.5 Å². The van der Waals surface area contributed by atoms with Gasteiger partial charge < -0.3 is 9.47 Å². The molecule has 0 spiro atoms. The van der Waals surface area contributed by atoms with Crippen molar-refractivity contribution in [1.82, 2.24) is 5.43 Å². The van der Waals surface area contributed by atoms with E-state index in [1.807, 2.05) is 32.0 Å². The molecule has 0 heterocycles. The number of amides is 1. The maximum atomic E-state index is 12.1. The van der Waals surface area contributed by atoms with Crippen LogP contribution in [0.3, 0.4) is 0 Å². The van der Waals surface area contributed by atoms with Gasteiger partial charge in [0.15, 0.2) is 11.5 Å². The molecule has 0 bridgehead atoms. The number of hydrogen-bond donors (Lipinski definition) is 1. The summed E-state index contributed by atoms with van der Waals surface area (Å²) in [7, 11) is 1.50. The van der Waals surface area contributed by atoms with E-state index < -0.39 is 0 Å². The van der Waals surface area contributed by atoms with Crippen LogP contribution >= 0.6 is 11.6 Å². The fourth-order valence-electron chi connectivity index (χ4n) is 2.50. The second kappa shape index (κ2) is 9.65. The van der Waals surface area contributed by atoms with E-state index in [1.165, 1.54) is 13.3 Å². The van der Waals surface area contributed by atoms with Crippen molar-refractivity contribution in [2.45, 2.75) is 20.3 Å². The Balaban J connectivity index is 2.04. The average Bonchev–Trinajstić information content (AvgIpc) is 2.63. The van der Waals surface area contributed by atoms with Crippen molar-refractivity contribution < 1.29 is 14.3 Å². The highest BCUT2D eigenvalue weighted by atomic mass is 35.5. The molecule has 5 nitrogen and oxygen atoms in total. The lowest BCUT2D eigenvalue weighted by molar-refractivity contribution is -0.120. The molecule has 0 aliphatic heterocycles. The van der Waals surface area contributed by atoms with E-state index in [2.05, 4.69) is 16.4 Å². The van der Waals surface area contributed by atoms with Gasteiger partial charge in [0.2, 0.25) is 5.91 Å². The van der Waals surface area contributed by atoms with Crippen LogP contribution in [0.4, 0.5) is 0 Å². The molecule has 2 rings (SSSR count). The molecule has 0 saturated carbocycles. The highest BCUT2D eigenvalue weighted by molar-refractivity contribution is 6.32. The first-order valence-corrected chi connectivity index (χ1v) is 8.64. The van der Waals surface area contributed by atoms with Crippen LogP contribution in [-0.4, -0.2) is 25.8 Å². The van der Waals surface area contributed by atoms with Gasteiger partial charge in [-0.25, -0.2) is 5.43 Å². The summed E-state index contributed by atoms with van der Waals surface area (Å²) in [5.41, 5.74) is 6.37. The van der Waals surface area contributed by atoms with Crippen molar-refractivity contribution in [3.63, 3.8) is 0 Å². The van der Waals surface area contributed by atoms with Gasteiger partial charge in [0, 0.05) is 0 Å². The summed E-state index contributed by atoms with van der Waals surface area (Å²) in [6.45, 7) is 4.08. The maximum absolute atomic E-state index is 12.1. The van der Waals surface area contributed by atoms with Crippen molar-refractivity contribution in [2.75, 3.05) is 13.7 Å². The number of methoxy groups -OCH3 is 1. The van der Waals surface area contributed by atoms with Crippen LogP contribution in [0.1, 0.15) is 22.3 Å². The SMILES string of the molecule is C#CCOc1c(Cl)cc(/C=N/NC(=O)Cc2ccc(C)cc2C)cc1OC. The van der Waals surface area contributed by atoms with Crippen LogP contribution in [-0.2, 0) is 11.2 Å². The van der Waals surface area contributed by atoms with Gasteiger partial charge in [0.1, 0.15) is 6.61 Å². The number of aryl methyl sites for hydroxylation is 2. The number of hydrazone groups is 1. The minimum atomic E-state index is -0.203. The van der Waals surface area contributed by atoms with Gasteiger partial charge >= 0.3 is 0 Å². The number of carbonyl (C=O) groups is 1. The molecule has 1 N–H and O–H groups in total. The van der Waals surface area contributed by atoms with Gasteiger partial charge in [-0.3, -0.25) is 4.79 Å². The van der Waals surface area contributed by atoms with Gasteiger partial charge in [-0.05, 0) is 42.7 Å². The fraction of sp³-hybridized carbons (Fsp3) is 0.238. The molecular weight excluding hydrogens is 364 g/mol. The lowest BCUT2D eigenvalue weighted by Gasteiger charge is -2.11. The average molecular weight is 385 g/mol. The first-order chi connectivity index (χ1) is 12.9. The molecule has 0 fully saturated rings. The summed E-state index contributed by atoms with van der Waals surface area (Å²) in [4.78, 5) is 12.1. The topological polar surface area (TPSA) is 59.9 Å². The summed E-state index contributed by atoms with van der Waals surface area (Å²) in [6.07, 6.45) is 6.94. The third kappa shape index (κ3) is 5.77. The molecule has 1 amide bonds. The minimum absolute atomic E-state index is 0.0813. The molecule has 140 valence electrons. The highest BCUT2D eigenvalue weighted by Gasteiger charge is 2.11. The number of benzene rings is 2. The summed E-state index contributed by atoms with van der Waals surface area (Å²) in [5.74, 6) is 2.97. The van der Waals surface area contributed by atoms with Crippen molar-refractivity contribution in [1.29, 1.82) is 0 Å². The first-order valence-electron chi connectivity index (χ1n) is 8.26. The number of carbonyl (C=O) groups excluding carboxylic acids is 1. The Kier molecular flexibility index (Phi) is 7.27. The van der Waals surface area contributed by atoms with Crippen molar-refractivity contribution in [3.05, 3.63) is 57.6 Å². The lowest BCUT2D eigenvalue weighted by atomic mass is 10.0. The maximum Gasteiger partial charge on any atom is 0.244 e. The molecule has 0 atom stereocenters. The van der Waals surface area contributed by atoms with Crippen molar-refractivity contribution in [2.24, 2.45) is 5.10 Å². The van der Waals surface area contributed by atoms with E-state index in [-0.39, 0.29) is 18.9 Å². The van der Waals surface area contributed by atoms with Crippen LogP contribution in [0.25, 0.3) is 0 Å². The predicted molar refractivity (Wildman–Crippen MR) is 108 cm³/mol. The van der Waals surface area contributed by atoms with Crippen LogP contribution in [0.15, 0.2) is 35.4 Å². The van der Waals surface area contributed by atoms with Crippen LogP contribution in [0.2, 0.25) is 5.02 Å². The number of terminal acetylenes is 1. The zero-order chi connectivity index (χ0) is 19.8. The number of halogens is 1. The van der Waals surface area contributed by atoms with Crippen molar-refractivity contribution in [3.8, 4) is 23.8 Å². The molecule has 2 aromatic rings. The van der Waals surface area contributed by atoms with Gasteiger partial charge in [0.25, 0.3) is 0 Å². The van der Waals surface area contributed by atoms with Gasteiger partial charge in [0.05, 0.1) is 24.8 Å². The zero-order valence-electron chi connectivity index (χ0n) is 15.5. The normalized spacial score (nSPS) is 10.5. The molecule has 6 heteroatoms. The molecule has 0 aromatic heterocycles. The zero-order valence-corrected chi connectivity index (χ0v) is 16.3. The Morgan fingerprint density at radius 3 is 2.78 bits per heavy atom.